The Labute approximate surface area is 125 Å². The fourth-order valence-corrected chi connectivity index (χ4v) is 3.90. The first-order valence-electron chi connectivity index (χ1n) is 7.91. The van der Waals surface area contributed by atoms with E-state index in [-0.39, 0.29) is 5.91 Å². The van der Waals surface area contributed by atoms with Gasteiger partial charge in [0.05, 0.1) is 11.9 Å². The number of nitrogens with two attached hydrogens (primary N) is 1. The Morgan fingerprint density at radius 2 is 2.10 bits per heavy atom. The molecule has 0 spiro atoms. The molecule has 0 aliphatic carbocycles. The Morgan fingerprint density at radius 3 is 2.71 bits per heavy atom. The summed E-state index contributed by atoms with van der Waals surface area (Å²) in [5, 5.41) is 7.17. The molecule has 116 valence electrons. The van der Waals surface area contributed by atoms with Gasteiger partial charge in [-0.25, -0.2) is 0 Å². The Kier molecular flexibility index (Phi) is 3.89. The molecule has 2 atom stereocenters. The fraction of sp³-hybridized carbons (Fsp3) is 0.733. The van der Waals surface area contributed by atoms with Crippen molar-refractivity contribution in [1.82, 2.24) is 20.0 Å². The van der Waals surface area contributed by atoms with E-state index in [1.54, 1.807) is 10.9 Å². The van der Waals surface area contributed by atoms with Crippen LogP contribution >= 0.6 is 0 Å². The average molecular weight is 291 g/mol. The average Bonchev–Trinajstić information content (AvgIpc) is 2.92. The number of nitrogens with one attached hydrogen (secondary N) is 1. The van der Waals surface area contributed by atoms with Gasteiger partial charge in [0.15, 0.2) is 0 Å². The first-order valence-corrected chi connectivity index (χ1v) is 7.91. The number of fused-ring (bicyclic) bond motifs is 2. The van der Waals surface area contributed by atoms with E-state index in [0.29, 0.717) is 35.9 Å². The summed E-state index contributed by atoms with van der Waals surface area (Å²) < 4.78 is 1.66. The summed E-state index contributed by atoms with van der Waals surface area (Å²) in [5.41, 5.74) is 6.80. The number of amides is 1. The van der Waals surface area contributed by atoms with Crippen molar-refractivity contribution in [3.63, 3.8) is 0 Å². The largest absolute Gasteiger partial charge is 0.396 e. The van der Waals surface area contributed by atoms with E-state index in [2.05, 4.69) is 22.4 Å². The molecule has 2 saturated heterocycles. The van der Waals surface area contributed by atoms with Crippen LogP contribution in [0.1, 0.15) is 43.1 Å². The van der Waals surface area contributed by atoms with Crippen LogP contribution in [0.25, 0.3) is 0 Å². The zero-order valence-electron chi connectivity index (χ0n) is 12.9. The quantitative estimate of drug-likeness (QED) is 0.870. The maximum absolute atomic E-state index is 12.3. The number of aryl methyl sites for hydroxylation is 1. The van der Waals surface area contributed by atoms with Crippen molar-refractivity contribution >= 4 is 11.6 Å². The van der Waals surface area contributed by atoms with Crippen LogP contribution in [0.5, 0.6) is 0 Å². The van der Waals surface area contributed by atoms with Gasteiger partial charge in [-0.05, 0) is 45.6 Å². The van der Waals surface area contributed by atoms with E-state index in [1.807, 2.05) is 6.92 Å². The van der Waals surface area contributed by atoms with Crippen molar-refractivity contribution in [3.8, 4) is 0 Å². The molecule has 2 bridgehead atoms. The smallest absolute Gasteiger partial charge is 0.271 e. The Balaban J connectivity index is 1.58. The molecule has 1 aromatic heterocycles. The lowest BCUT2D eigenvalue weighted by molar-refractivity contribution is 0.0908. The van der Waals surface area contributed by atoms with Gasteiger partial charge in [-0.1, -0.05) is 0 Å². The van der Waals surface area contributed by atoms with Crippen molar-refractivity contribution in [2.45, 2.75) is 51.2 Å². The molecule has 2 unspecified atom stereocenters. The van der Waals surface area contributed by atoms with Gasteiger partial charge in [0.2, 0.25) is 0 Å². The summed E-state index contributed by atoms with van der Waals surface area (Å²) in [7, 11) is 2.23. The number of hydrogen-bond acceptors (Lipinski definition) is 4. The first kappa shape index (κ1) is 14.4. The number of carbonyl (C=O) groups excluding carboxylic acids is 1. The molecule has 1 amide bonds. The highest BCUT2D eigenvalue weighted by atomic mass is 16.2. The molecule has 6 heteroatoms. The molecule has 2 aliphatic rings. The summed E-state index contributed by atoms with van der Waals surface area (Å²) in [4.78, 5) is 14.8. The molecular weight excluding hydrogens is 266 g/mol. The van der Waals surface area contributed by atoms with E-state index in [9.17, 15) is 4.79 Å². The predicted molar refractivity (Wildman–Crippen MR) is 81.9 cm³/mol. The minimum atomic E-state index is -0.0990. The van der Waals surface area contributed by atoms with Gasteiger partial charge >= 0.3 is 0 Å². The molecule has 3 rings (SSSR count). The lowest BCUT2D eigenvalue weighted by Crippen LogP contribution is -2.43. The van der Waals surface area contributed by atoms with Gasteiger partial charge < -0.3 is 16.0 Å². The third-order valence-electron chi connectivity index (χ3n) is 5.13. The van der Waals surface area contributed by atoms with Crippen molar-refractivity contribution in [2.24, 2.45) is 5.92 Å². The number of aromatic nitrogens is 2. The topological polar surface area (TPSA) is 76.2 Å². The monoisotopic (exact) mass is 291 g/mol. The summed E-state index contributed by atoms with van der Waals surface area (Å²) in [6.07, 6.45) is 6.54. The van der Waals surface area contributed by atoms with Crippen molar-refractivity contribution in [3.05, 3.63) is 11.9 Å². The van der Waals surface area contributed by atoms with Gasteiger partial charge in [-0.3, -0.25) is 9.48 Å². The number of nitrogen functional groups attached to an aromatic ring is 1. The molecule has 1 aromatic rings. The number of anilines is 1. The maximum Gasteiger partial charge on any atom is 0.271 e. The third-order valence-corrected chi connectivity index (χ3v) is 5.13. The van der Waals surface area contributed by atoms with E-state index in [4.69, 9.17) is 5.73 Å². The molecule has 0 saturated carbocycles. The van der Waals surface area contributed by atoms with E-state index >= 15 is 0 Å². The lowest BCUT2D eigenvalue weighted by atomic mass is 9.91. The van der Waals surface area contributed by atoms with Gasteiger partial charge in [0.25, 0.3) is 5.91 Å². The zero-order chi connectivity index (χ0) is 15.0. The molecule has 2 aliphatic heterocycles. The van der Waals surface area contributed by atoms with Crippen LogP contribution in [0.15, 0.2) is 6.20 Å². The first-order chi connectivity index (χ1) is 10.1. The van der Waals surface area contributed by atoms with E-state index in [0.717, 1.165) is 6.54 Å². The second-order valence-corrected chi connectivity index (χ2v) is 6.36. The predicted octanol–water partition coefficient (Wildman–Crippen LogP) is 1.09. The van der Waals surface area contributed by atoms with Gasteiger partial charge in [0, 0.05) is 25.2 Å². The minimum Gasteiger partial charge on any atom is -0.396 e. The minimum absolute atomic E-state index is 0.0990. The normalized spacial score (nSPS) is 28.8. The molecule has 6 nitrogen and oxygen atoms in total. The third kappa shape index (κ3) is 2.64. The highest BCUT2D eigenvalue weighted by Crippen LogP contribution is 2.37. The number of rotatable bonds is 4. The van der Waals surface area contributed by atoms with Crippen LogP contribution in [0.3, 0.4) is 0 Å². The van der Waals surface area contributed by atoms with E-state index in [1.165, 1.54) is 25.7 Å². The van der Waals surface area contributed by atoms with Crippen LogP contribution in [-0.4, -0.2) is 46.3 Å². The van der Waals surface area contributed by atoms with Crippen LogP contribution in [0.4, 0.5) is 5.69 Å². The number of nitrogens with zero attached hydrogens (tertiary/aromatic N) is 3. The number of piperidine rings is 1. The van der Waals surface area contributed by atoms with Crippen LogP contribution < -0.4 is 11.1 Å². The van der Waals surface area contributed by atoms with Gasteiger partial charge in [-0.2, -0.15) is 5.10 Å². The molecule has 0 radical (unpaired) electrons. The lowest BCUT2D eigenvalue weighted by Gasteiger charge is -2.36. The summed E-state index contributed by atoms with van der Waals surface area (Å²) in [5.74, 6) is 0.486. The van der Waals surface area contributed by atoms with E-state index < -0.39 is 0 Å². The van der Waals surface area contributed by atoms with Crippen LogP contribution in [-0.2, 0) is 6.54 Å². The molecule has 3 heterocycles. The van der Waals surface area contributed by atoms with Crippen LogP contribution in [0.2, 0.25) is 0 Å². The second kappa shape index (κ2) is 5.67. The summed E-state index contributed by atoms with van der Waals surface area (Å²) in [6.45, 7) is 3.35. The fourth-order valence-electron chi connectivity index (χ4n) is 3.90. The van der Waals surface area contributed by atoms with Gasteiger partial charge in [0.1, 0.15) is 5.69 Å². The Hall–Kier alpha value is -1.56. The highest BCUT2D eigenvalue weighted by Gasteiger charge is 2.38. The van der Waals surface area contributed by atoms with Crippen molar-refractivity contribution < 1.29 is 4.79 Å². The molecule has 3 N–H and O–H groups in total. The van der Waals surface area contributed by atoms with Crippen molar-refractivity contribution in [2.75, 3.05) is 19.3 Å². The number of carbonyl (C=O) groups is 1. The van der Waals surface area contributed by atoms with Crippen LogP contribution in [0, 0.1) is 5.92 Å². The standard InChI is InChI=1S/C15H25N5O/c1-3-20-14(13(16)9-18-20)15(21)17-8-10-6-11-4-5-12(7-10)19(11)2/h9-12H,3-8,16H2,1-2H3,(H,17,21). The SMILES string of the molecule is CCn1ncc(N)c1C(=O)NCC1CC2CCC(C1)N2C. The molecule has 0 aromatic carbocycles. The Morgan fingerprint density at radius 1 is 1.43 bits per heavy atom. The summed E-state index contributed by atoms with van der Waals surface area (Å²) in [6, 6.07) is 1.41. The maximum atomic E-state index is 12.3. The summed E-state index contributed by atoms with van der Waals surface area (Å²) >= 11 is 0. The van der Waals surface area contributed by atoms with Crippen molar-refractivity contribution in [1.29, 1.82) is 0 Å². The molecule has 2 fully saturated rings. The molecule has 21 heavy (non-hydrogen) atoms. The zero-order valence-corrected chi connectivity index (χ0v) is 12.9. The Bertz CT molecular complexity index is 512. The highest BCUT2D eigenvalue weighted by molar-refractivity contribution is 5.97. The molecular formula is C15H25N5O. The number of hydrogen-bond donors (Lipinski definition) is 2. The second-order valence-electron chi connectivity index (χ2n) is 6.36. The van der Waals surface area contributed by atoms with Gasteiger partial charge in [-0.15, -0.1) is 0 Å².